The first-order chi connectivity index (χ1) is 11.1. The van der Waals surface area contributed by atoms with Gasteiger partial charge in [0.1, 0.15) is 0 Å². The molecule has 5 nitrogen and oxygen atoms in total. The van der Waals surface area contributed by atoms with E-state index in [-0.39, 0.29) is 23.7 Å². The molecule has 0 bridgehead atoms. The predicted octanol–water partition coefficient (Wildman–Crippen LogP) is 1.60. The second-order valence-electron chi connectivity index (χ2n) is 6.58. The zero-order valence-corrected chi connectivity index (χ0v) is 13.9. The molecule has 0 spiro atoms. The molecule has 1 aliphatic heterocycles. The largest absolute Gasteiger partial charge is 0.340 e. The molecule has 2 amide bonds. The molecule has 2 fully saturated rings. The standard InChI is InChI=1S/C18H25N3O2/c1-3-13-6-4-5-7-16(13)19-17(22)14-12-15(14)18(23)21-10-8-20(2)9-11-21/h4-7,14-15H,3,8-12H2,1-2H3,(H,19,22). The van der Waals surface area contributed by atoms with Gasteiger partial charge in [0.15, 0.2) is 0 Å². The van der Waals surface area contributed by atoms with Crippen LogP contribution in [0.2, 0.25) is 0 Å². The van der Waals surface area contributed by atoms with Crippen LogP contribution < -0.4 is 5.32 Å². The third-order valence-corrected chi connectivity index (χ3v) is 4.92. The van der Waals surface area contributed by atoms with Crippen molar-refractivity contribution in [2.45, 2.75) is 19.8 Å². The summed E-state index contributed by atoms with van der Waals surface area (Å²) in [6, 6.07) is 7.85. The average molecular weight is 315 g/mol. The van der Waals surface area contributed by atoms with Crippen LogP contribution in [0.1, 0.15) is 18.9 Å². The van der Waals surface area contributed by atoms with E-state index in [9.17, 15) is 9.59 Å². The molecular formula is C18H25N3O2. The van der Waals surface area contributed by atoms with E-state index in [0.717, 1.165) is 43.9 Å². The van der Waals surface area contributed by atoms with Crippen LogP contribution in [0.15, 0.2) is 24.3 Å². The Kier molecular flexibility index (Phi) is 4.66. The Bertz CT molecular complexity index is 594. The molecule has 2 atom stereocenters. The van der Waals surface area contributed by atoms with Crippen molar-refractivity contribution >= 4 is 17.5 Å². The van der Waals surface area contributed by atoms with Crippen LogP contribution >= 0.6 is 0 Å². The van der Waals surface area contributed by atoms with Gasteiger partial charge >= 0.3 is 0 Å². The summed E-state index contributed by atoms with van der Waals surface area (Å²) in [7, 11) is 2.07. The third-order valence-electron chi connectivity index (χ3n) is 4.92. The number of hydrogen-bond donors (Lipinski definition) is 1. The van der Waals surface area contributed by atoms with E-state index in [1.165, 1.54) is 0 Å². The Morgan fingerprint density at radius 1 is 1.13 bits per heavy atom. The molecule has 1 aliphatic carbocycles. The summed E-state index contributed by atoms with van der Waals surface area (Å²) in [6.07, 6.45) is 1.57. The van der Waals surface area contributed by atoms with Crippen molar-refractivity contribution in [1.29, 1.82) is 0 Å². The van der Waals surface area contributed by atoms with Crippen LogP contribution in [0, 0.1) is 11.8 Å². The highest BCUT2D eigenvalue weighted by Crippen LogP contribution is 2.41. The van der Waals surface area contributed by atoms with E-state index in [4.69, 9.17) is 0 Å². The summed E-state index contributed by atoms with van der Waals surface area (Å²) in [5, 5.41) is 3.00. The number of rotatable bonds is 4. The molecular weight excluding hydrogens is 290 g/mol. The highest BCUT2D eigenvalue weighted by Gasteiger charge is 2.49. The Labute approximate surface area is 137 Å². The maximum Gasteiger partial charge on any atom is 0.228 e. The summed E-state index contributed by atoms with van der Waals surface area (Å²) in [6.45, 7) is 5.46. The lowest BCUT2D eigenvalue weighted by atomic mass is 10.1. The van der Waals surface area contributed by atoms with E-state index >= 15 is 0 Å². The Hall–Kier alpha value is -1.88. The lowest BCUT2D eigenvalue weighted by molar-refractivity contribution is -0.135. The Morgan fingerprint density at radius 2 is 1.83 bits per heavy atom. The van der Waals surface area contributed by atoms with Gasteiger partial charge in [-0.25, -0.2) is 0 Å². The van der Waals surface area contributed by atoms with E-state index in [0.29, 0.717) is 6.42 Å². The van der Waals surface area contributed by atoms with Crippen molar-refractivity contribution in [2.24, 2.45) is 11.8 Å². The number of para-hydroxylation sites is 1. The first-order valence-electron chi connectivity index (χ1n) is 8.46. The van der Waals surface area contributed by atoms with Gasteiger partial charge in [0.05, 0.1) is 11.8 Å². The van der Waals surface area contributed by atoms with E-state index < -0.39 is 0 Å². The topological polar surface area (TPSA) is 52.7 Å². The van der Waals surface area contributed by atoms with E-state index in [1.807, 2.05) is 29.2 Å². The number of piperazine rings is 1. The first-order valence-corrected chi connectivity index (χ1v) is 8.46. The summed E-state index contributed by atoms with van der Waals surface area (Å²) in [5.41, 5.74) is 2.00. The minimum absolute atomic E-state index is 0.0154. The van der Waals surface area contributed by atoms with Gasteiger partial charge in [0.2, 0.25) is 11.8 Å². The van der Waals surface area contributed by atoms with Gasteiger partial charge in [-0.15, -0.1) is 0 Å². The number of carbonyl (C=O) groups is 2. The molecule has 23 heavy (non-hydrogen) atoms. The molecule has 0 radical (unpaired) electrons. The second-order valence-corrected chi connectivity index (χ2v) is 6.58. The molecule has 2 aliphatic rings. The second kappa shape index (κ2) is 6.71. The predicted molar refractivity (Wildman–Crippen MR) is 90.1 cm³/mol. The number of nitrogens with zero attached hydrogens (tertiary/aromatic N) is 2. The molecule has 1 saturated heterocycles. The molecule has 1 aromatic rings. The van der Waals surface area contributed by atoms with Gasteiger partial charge in [-0.05, 0) is 31.5 Å². The molecule has 0 aromatic heterocycles. The summed E-state index contributed by atoms with van der Waals surface area (Å²) < 4.78 is 0. The number of amides is 2. The lowest BCUT2D eigenvalue weighted by Crippen LogP contribution is -2.48. The molecule has 1 heterocycles. The highest BCUT2D eigenvalue weighted by atomic mass is 16.2. The fourth-order valence-corrected chi connectivity index (χ4v) is 3.20. The van der Waals surface area contributed by atoms with Crippen LogP contribution in [0.5, 0.6) is 0 Å². The van der Waals surface area contributed by atoms with Crippen molar-refractivity contribution < 1.29 is 9.59 Å². The molecule has 3 rings (SSSR count). The first kappa shape index (κ1) is 16.0. The van der Waals surface area contributed by atoms with E-state index in [1.54, 1.807) is 0 Å². The summed E-state index contributed by atoms with van der Waals surface area (Å²) in [4.78, 5) is 29.0. The zero-order valence-electron chi connectivity index (χ0n) is 13.9. The van der Waals surface area contributed by atoms with Crippen molar-refractivity contribution in [3.8, 4) is 0 Å². The summed E-state index contributed by atoms with van der Waals surface area (Å²) in [5.74, 6) is -0.139. The molecule has 124 valence electrons. The maximum absolute atomic E-state index is 12.5. The minimum atomic E-state index is -0.160. The van der Waals surface area contributed by atoms with Gasteiger partial charge < -0.3 is 15.1 Å². The van der Waals surface area contributed by atoms with Crippen LogP contribution in [0.3, 0.4) is 0 Å². The van der Waals surface area contributed by atoms with Gasteiger partial charge in [0, 0.05) is 31.9 Å². The molecule has 5 heteroatoms. The van der Waals surface area contributed by atoms with Gasteiger partial charge in [-0.3, -0.25) is 9.59 Å². The maximum atomic E-state index is 12.5. The highest BCUT2D eigenvalue weighted by molar-refractivity contribution is 5.99. The normalized spacial score (nSPS) is 24.3. The fourth-order valence-electron chi connectivity index (χ4n) is 3.20. The van der Waals surface area contributed by atoms with Gasteiger partial charge in [0.25, 0.3) is 0 Å². The van der Waals surface area contributed by atoms with Gasteiger partial charge in [-0.1, -0.05) is 25.1 Å². The lowest BCUT2D eigenvalue weighted by Gasteiger charge is -2.32. The Morgan fingerprint density at radius 3 is 2.52 bits per heavy atom. The average Bonchev–Trinajstić information content (AvgIpc) is 3.36. The number of benzene rings is 1. The minimum Gasteiger partial charge on any atom is -0.340 e. The number of hydrogen-bond acceptors (Lipinski definition) is 3. The number of nitrogens with one attached hydrogen (secondary N) is 1. The van der Waals surface area contributed by atoms with Crippen LogP contribution in [-0.4, -0.2) is 54.8 Å². The third kappa shape index (κ3) is 3.55. The number of carbonyl (C=O) groups excluding carboxylic acids is 2. The molecule has 2 unspecified atom stereocenters. The number of likely N-dealkylation sites (N-methyl/N-ethyl adjacent to an activating group) is 1. The quantitative estimate of drug-likeness (QED) is 0.918. The molecule has 1 N–H and O–H groups in total. The van der Waals surface area contributed by atoms with Gasteiger partial charge in [-0.2, -0.15) is 0 Å². The number of aryl methyl sites for hydroxylation is 1. The zero-order chi connectivity index (χ0) is 16.4. The molecule has 1 aromatic carbocycles. The monoisotopic (exact) mass is 315 g/mol. The molecule has 1 saturated carbocycles. The van der Waals surface area contributed by atoms with Crippen LogP contribution in [0.4, 0.5) is 5.69 Å². The smallest absolute Gasteiger partial charge is 0.228 e. The van der Waals surface area contributed by atoms with E-state index in [2.05, 4.69) is 24.2 Å². The number of anilines is 1. The van der Waals surface area contributed by atoms with Crippen LogP contribution in [-0.2, 0) is 16.0 Å². The van der Waals surface area contributed by atoms with Crippen molar-refractivity contribution in [1.82, 2.24) is 9.80 Å². The Balaban J connectivity index is 1.55. The SMILES string of the molecule is CCc1ccccc1NC(=O)C1CC1C(=O)N1CCN(C)CC1. The van der Waals surface area contributed by atoms with Crippen LogP contribution in [0.25, 0.3) is 0 Å². The fraction of sp³-hybridized carbons (Fsp3) is 0.556. The van der Waals surface area contributed by atoms with Crippen molar-refractivity contribution in [2.75, 3.05) is 38.5 Å². The van der Waals surface area contributed by atoms with Crippen molar-refractivity contribution in [3.05, 3.63) is 29.8 Å². The van der Waals surface area contributed by atoms with Crippen molar-refractivity contribution in [3.63, 3.8) is 0 Å². The summed E-state index contributed by atoms with van der Waals surface area (Å²) >= 11 is 0.